The predicted octanol–water partition coefficient (Wildman–Crippen LogP) is 3.63. The van der Waals surface area contributed by atoms with Crippen LogP contribution in [0.5, 0.6) is 0 Å². The van der Waals surface area contributed by atoms with E-state index < -0.39 is 18.0 Å². The number of amides is 2. The van der Waals surface area contributed by atoms with E-state index in [1.807, 2.05) is 30.3 Å². The van der Waals surface area contributed by atoms with E-state index in [0.717, 1.165) is 5.56 Å². The summed E-state index contributed by atoms with van der Waals surface area (Å²) in [6, 6.07) is 11.8. The Morgan fingerprint density at radius 1 is 1.24 bits per heavy atom. The van der Waals surface area contributed by atoms with Crippen molar-refractivity contribution < 1.29 is 24.2 Å². The van der Waals surface area contributed by atoms with E-state index in [1.54, 1.807) is 0 Å². The Morgan fingerprint density at radius 3 is 2.57 bits per heavy atom. The quantitative estimate of drug-likeness (QED) is 0.283. The number of nitrogens with one attached hydrogen (secondary N) is 3. The zero-order valence-corrected chi connectivity index (χ0v) is 22.3. The summed E-state index contributed by atoms with van der Waals surface area (Å²) < 4.78 is 14.8. The largest absolute Gasteiger partial charge is 0.394 e. The molecule has 5 atom stereocenters. The lowest BCUT2D eigenvalue weighted by Gasteiger charge is -2.31. The topological polar surface area (TPSA) is 111 Å². The molecule has 1 fully saturated rings. The highest BCUT2D eigenvalue weighted by Gasteiger charge is 2.48. The van der Waals surface area contributed by atoms with E-state index in [-0.39, 0.29) is 53.8 Å². The second kappa shape index (κ2) is 12.8. The van der Waals surface area contributed by atoms with Gasteiger partial charge in [-0.15, -0.1) is 0 Å². The molecule has 5 N–H and O–H groups in total. The maximum atomic E-state index is 14.8. The van der Waals surface area contributed by atoms with Gasteiger partial charge in [0.25, 0.3) is 0 Å². The highest BCUT2D eigenvalue weighted by Crippen LogP contribution is 2.45. The lowest BCUT2D eigenvalue weighted by atomic mass is 9.74. The first-order valence-electron chi connectivity index (χ1n) is 12.6. The van der Waals surface area contributed by atoms with Crippen LogP contribution in [0.1, 0.15) is 50.7 Å². The molecule has 0 bridgehead atoms. The molecule has 0 saturated carbocycles. The molecule has 3 rings (SSSR count). The van der Waals surface area contributed by atoms with E-state index in [4.69, 9.17) is 16.7 Å². The zero-order valence-electron chi connectivity index (χ0n) is 21.5. The zero-order chi connectivity index (χ0) is 27.2. The molecule has 1 aliphatic rings. The number of halogens is 2. The van der Waals surface area contributed by atoms with Crippen molar-refractivity contribution in [2.75, 3.05) is 18.5 Å². The number of rotatable bonds is 11. The minimum absolute atomic E-state index is 0.0947. The smallest absolute Gasteiger partial charge is 0.237 e. The number of aliphatic hydroxyl groups is 2. The van der Waals surface area contributed by atoms with Crippen molar-refractivity contribution in [2.45, 2.75) is 64.1 Å². The van der Waals surface area contributed by atoms with Gasteiger partial charge >= 0.3 is 0 Å². The fourth-order valence-corrected chi connectivity index (χ4v) is 5.41. The Balaban J connectivity index is 2.06. The van der Waals surface area contributed by atoms with Crippen LogP contribution in [-0.4, -0.2) is 53.9 Å². The maximum Gasteiger partial charge on any atom is 0.237 e. The van der Waals surface area contributed by atoms with Crippen LogP contribution in [-0.2, 0) is 16.0 Å². The summed E-state index contributed by atoms with van der Waals surface area (Å²) in [4.78, 5) is 24.9. The molecule has 0 unspecified atom stereocenters. The van der Waals surface area contributed by atoms with Crippen molar-refractivity contribution >= 4 is 29.6 Å². The predicted molar refractivity (Wildman–Crippen MR) is 143 cm³/mol. The minimum Gasteiger partial charge on any atom is -0.394 e. The van der Waals surface area contributed by atoms with Crippen molar-refractivity contribution in [2.24, 2.45) is 11.3 Å². The van der Waals surface area contributed by atoms with Crippen LogP contribution < -0.4 is 16.0 Å². The Bertz CT molecular complexity index is 1060. The molecule has 0 radical (unpaired) electrons. The van der Waals surface area contributed by atoms with Gasteiger partial charge in [-0.1, -0.05) is 62.7 Å². The molecular formula is C28H37ClFN3O4. The minimum atomic E-state index is -0.910. The van der Waals surface area contributed by atoms with Crippen LogP contribution in [0.2, 0.25) is 5.02 Å². The van der Waals surface area contributed by atoms with Crippen LogP contribution >= 0.6 is 11.6 Å². The van der Waals surface area contributed by atoms with Gasteiger partial charge in [-0.2, -0.15) is 0 Å². The van der Waals surface area contributed by atoms with Crippen LogP contribution in [0.3, 0.4) is 0 Å². The van der Waals surface area contributed by atoms with E-state index >= 15 is 0 Å². The number of carbonyl (C=O) groups excluding carboxylic acids is 2. The summed E-state index contributed by atoms with van der Waals surface area (Å²) in [7, 11) is 0. The van der Waals surface area contributed by atoms with Gasteiger partial charge in [0.2, 0.25) is 12.3 Å². The second-order valence-electron chi connectivity index (χ2n) is 10.9. The molecule has 2 aromatic rings. The highest BCUT2D eigenvalue weighted by molar-refractivity contribution is 6.31. The third-order valence-electron chi connectivity index (χ3n) is 6.80. The van der Waals surface area contributed by atoms with Gasteiger partial charge in [-0.25, -0.2) is 4.39 Å². The van der Waals surface area contributed by atoms with Crippen LogP contribution in [0, 0.1) is 17.2 Å². The van der Waals surface area contributed by atoms with Crippen molar-refractivity contribution in [3.05, 3.63) is 64.4 Å². The molecule has 1 heterocycles. The summed E-state index contributed by atoms with van der Waals surface area (Å²) in [6.45, 7) is 6.15. The monoisotopic (exact) mass is 533 g/mol. The summed E-state index contributed by atoms with van der Waals surface area (Å²) in [6.07, 6.45) is 1.09. The molecule has 1 aliphatic heterocycles. The van der Waals surface area contributed by atoms with Gasteiger partial charge in [0.05, 0.1) is 23.8 Å². The van der Waals surface area contributed by atoms with Gasteiger partial charge in [0.1, 0.15) is 5.82 Å². The maximum absolute atomic E-state index is 14.8. The van der Waals surface area contributed by atoms with Gasteiger partial charge in [-0.05, 0) is 53.9 Å². The average molecular weight is 534 g/mol. The van der Waals surface area contributed by atoms with E-state index in [1.165, 1.54) is 12.1 Å². The number of benzene rings is 2. The first kappa shape index (κ1) is 29.0. The summed E-state index contributed by atoms with van der Waals surface area (Å²) in [5, 5.41) is 27.7. The molecule has 0 spiro atoms. The third-order valence-corrected chi connectivity index (χ3v) is 7.09. The van der Waals surface area contributed by atoms with E-state index in [0.29, 0.717) is 30.5 Å². The SMILES string of the molecule is CC(C)(C)C[C@H]1N[C@@H](C(=O)NCC[C@H](O)CO)[C@H](Cc2ccccc2)[C@@H]1c1cc(F)c(Cl)cc1NC=O. The van der Waals surface area contributed by atoms with E-state index in [2.05, 4.69) is 36.7 Å². The lowest BCUT2D eigenvalue weighted by Crippen LogP contribution is -2.46. The average Bonchev–Trinajstić information content (AvgIpc) is 3.17. The van der Waals surface area contributed by atoms with Gasteiger partial charge in [0, 0.05) is 24.2 Å². The molecule has 37 heavy (non-hydrogen) atoms. The first-order chi connectivity index (χ1) is 17.5. The fraction of sp³-hybridized carbons (Fsp3) is 0.500. The first-order valence-corrected chi connectivity index (χ1v) is 13.0. The van der Waals surface area contributed by atoms with Crippen molar-refractivity contribution in [1.82, 2.24) is 10.6 Å². The Hall–Kier alpha value is -2.52. The highest BCUT2D eigenvalue weighted by atomic mass is 35.5. The number of carbonyl (C=O) groups is 2. The third kappa shape index (κ3) is 7.74. The van der Waals surface area contributed by atoms with Gasteiger partial charge in [-0.3, -0.25) is 9.59 Å². The molecule has 9 heteroatoms. The van der Waals surface area contributed by atoms with Crippen LogP contribution in [0.25, 0.3) is 0 Å². The lowest BCUT2D eigenvalue weighted by molar-refractivity contribution is -0.124. The molecule has 7 nitrogen and oxygen atoms in total. The molecule has 0 aliphatic carbocycles. The van der Waals surface area contributed by atoms with Crippen molar-refractivity contribution in [3.8, 4) is 0 Å². The van der Waals surface area contributed by atoms with Crippen molar-refractivity contribution in [1.29, 1.82) is 0 Å². The number of aliphatic hydroxyl groups excluding tert-OH is 2. The van der Waals surface area contributed by atoms with Crippen molar-refractivity contribution in [3.63, 3.8) is 0 Å². The van der Waals surface area contributed by atoms with Gasteiger partial charge in [0.15, 0.2) is 0 Å². The van der Waals surface area contributed by atoms with E-state index in [9.17, 15) is 19.1 Å². The standard InChI is InChI=1S/C28H37ClFN3O4/c1-28(2,3)14-24-25(19-12-22(30)21(29)13-23(19)32-16-35)20(11-17-7-5-4-6-8-17)26(33-24)27(37)31-10-9-18(36)15-34/h4-8,12-13,16,18,20,24-26,33-34,36H,9-11,14-15H2,1-3H3,(H,31,37)(H,32,35)/t18-,20+,24+,25-,26+/m0/s1. The summed E-state index contributed by atoms with van der Waals surface area (Å²) in [5.74, 6) is -1.41. The summed E-state index contributed by atoms with van der Waals surface area (Å²) in [5.41, 5.74) is 1.93. The van der Waals surface area contributed by atoms with Gasteiger partial charge < -0.3 is 26.2 Å². The summed E-state index contributed by atoms with van der Waals surface area (Å²) >= 11 is 6.06. The Kier molecular flexibility index (Phi) is 10.1. The molecule has 2 aromatic carbocycles. The normalized spacial score (nSPS) is 22.5. The molecular weight excluding hydrogens is 497 g/mol. The molecule has 1 saturated heterocycles. The number of hydrogen-bond acceptors (Lipinski definition) is 5. The Labute approximate surface area is 222 Å². The number of hydrogen-bond donors (Lipinski definition) is 5. The Morgan fingerprint density at radius 2 is 1.95 bits per heavy atom. The van der Waals surface area contributed by atoms with Crippen LogP contribution in [0.4, 0.5) is 10.1 Å². The molecule has 202 valence electrons. The molecule has 2 amide bonds. The fourth-order valence-electron chi connectivity index (χ4n) is 5.25. The molecule has 0 aromatic heterocycles. The second-order valence-corrected chi connectivity index (χ2v) is 11.3. The van der Waals surface area contributed by atoms with Crippen LogP contribution in [0.15, 0.2) is 42.5 Å². The number of anilines is 1.